The van der Waals surface area contributed by atoms with Crippen LogP contribution in [0, 0.1) is 10.8 Å². The van der Waals surface area contributed by atoms with E-state index in [1.54, 1.807) is 0 Å². The molecule has 0 aromatic carbocycles. The highest BCUT2D eigenvalue weighted by molar-refractivity contribution is 7.81. The summed E-state index contributed by atoms with van der Waals surface area (Å²) >= 11 is 3.85. The minimum atomic E-state index is -1.15. The van der Waals surface area contributed by atoms with Gasteiger partial charge in [-0.05, 0) is 36.5 Å². The Labute approximate surface area is 288 Å². The highest BCUT2D eigenvalue weighted by atomic mass is 32.1. The summed E-state index contributed by atoms with van der Waals surface area (Å²) in [6.45, 7) is 9.32. The number of nitrogens with one attached hydrogen (secondary N) is 4. The molecule has 0 saturated heterocycles. The maximum Gasteiger partial charge on any atom is 0.326 e. The Balaban J connectivity index is 3.77. The lowest BCUT2D eigenvalue weighted by Crippen LogP contribution is -2.42. The SMILES string of the molecule is CC(C)(CC(=O)O)CC(C)(C)CC(=O)NCCOCCOCC(=O)NCCOCCOCC(=O)NC(CCCCNC(=O)CS)C(=O)O. The molecule has 4 amide bonds. The van der Waals surface area contributed by atoms with Gasteiger partial charge in [0.25, 0.3) is 0 Å². The maximum atomic E-state index is 12.3. The van der Waals surface area contributed by atoms with Crippen LogP contribution in [-0.4, -0.2) is 130 Å². The zero-order valence-corrected chi connectivity index (χ0v) is 29.6. The lowest BCUT2D eigenvalue weighted by Gasteiger charge is -2.33. The molecule has 0 saturated carbocycles. The van der Waals surface area contributed by atoms with E-state index in [2.05, 4.69) is 33.9 Å². The van der Waals surface area contributed by atoms with Crippen molar-refractivity contribution in [3.05, 3.63) is 0 Å². The van der Waals surface area contributed by atoms with Crippen LogP contribution >= 0.6 is 12.6 Å². The number of aliphatic carboxylic acids is 2. The van der Waals surface area contributed by atoms with Crippen LogP contribution in [-0.2, 0) is 47.7 Å². The van der Waals surface area contributed by atoms with Crippen LogP contribution in [0.1, 0.15) is 66.2 Å². The van der Waals surface area contributed by atoms with Gasteiger partial charge in [-0.1, -0.05) is 27.7 Å². The van der Waals surface area contributed by atoms with E-state index in [-0.39, 0.29) is 108 Å². The third-order valence-corrected chi connectivity index (χ3v) is 6.88. The molecule has 0 aliphatic heterocycles. The van der Waals surface area contributed by atoms with Crippen molar-refractivity contribution in [3.63, 3.8) is 0 Å². The summed E-state index contributed by atoms with van der Waals surface area (Å²) in [6, 6.07) is -1.06. The number of carbonyl (C=O) groups excluding carboxylic acids is 4. The number of hydrogen-bond acceptors (Lipinski definition) is 11. The van der Waals surface area contributed by atoms with E-state index in [0.29, 0.717) is 32.4 Å². The molecule has 0 fully saturated rings. The first-order valence-electron chi connectivity index (χ1n) is 16.0. The van der Waals surface area contributed by atoms with Crippen molar-refractivity contribution >= 4 is 48.2 Å². The van der Waals surface area contributed by atoms with Crippen LogP contribution in [0.5, 0.6) is 0 Å². The number of ether oxygens (including phenoxy) is 4. The first-order valence-corrected chi connectivity index (χ1v) is 16.7. The molecule has 1 atom stereocenters. The van der Waals surface area contributed by atoms with Crippen LogP contribution in [0.3, 0.4) is 0 Å². The van der Waals surface area contributed by atoms with E-state index in [1.165, 1.54) is 0 Å². The van der Waals surface area contributed by atoms with Crippen molar-refractivity contribution in [3.8, 4) is 0 Å². The highest BCUT2D eigenvalue weighted by Crippen LogP contribution is 2.38. The topological polar surface area (TPSA) is 228 Å². The van der Waals surface area contributed by atoms with Gasteiger partial charge in [0.2, 0.25) is 23.6 Å². The molecule has 278 valence electrons. The fourth-order valence-corrected chi connectivity index (χ4v) is 5.04. The third-order valence-electron chi connectivity index (χ3n) is 6.59. The van der Waals surface area contributed by atoms with Gasteiger partial charge in [0.05, 0.1) is 51.8 Å². The molecular formula is C31H56N4O12S. The lowest BCUT2D eigenvalue weighted by molar-refractivity contribution is -0.143. The molecule has 0 bridgehead atoms. The summed E-state index contributed by atoms with van der Waals surface area (Å²) in [6.07, 6.45) is 2.18. The Kier molecular flexibility index (Phi) is 24.3. The van der Waals surface area contributed by atoms with Crippen molar-refractivity contribution in [1.29, 1.82) is 0 Å². The summed E-state index contributed by atoms with van der Waals surface area (Å²) in [4.78, 5) is 69.7. The monoisotopic (exact) mass is 708 g/mol. The van der Waals surface area contributed by atoms with Crippen LogP contribution < -0.4 is 21.3 Å². The maximum absolute atomic E-state index is 12.3. The van der Waals surface area contributed by atoms with Gasteiger partial charge >= 0.3 is 11.9 Å². The van der Waals surface area contributed by atoms with Crippen LogP contribution in [0.4, 0.5) is 0 Å². The van der Waals surface area contributed by atoms with Crippen molar-refractivity contribution in [1.82, 2.24) is 21.3 Å². The van der Waals surface area contributed by atoms with E-state index in [0.717, 1.165) is 0 Å². The Hall–Kier alpha value is -2.99. The second kappa shape index (κ2) is 26.0. The standard InChI is InChI=1S/C31H56N4O12S/c1-30(2,22-31(3,4)18-28(40)41)17-24(36)33-9-11-44-13-15-46-19-25(37)34-10-12-45-14-16-47-20-26(38)35-23(29(42)43)7-5-6-8-32-27(39)21-48/h23,48H,5-22H2,1-4H3,(H,32,39)(H,33,36)(H,34,37)(H,35,38)(H,40,41)(H,42,43). The summed E-state index contributed by atoms with van der Waals surface area (Å²) in [5, 5.41) is 28.8. The molecular weight excluding hydrogens is 652 g/mol. The molecule has 48 heavy (non-hydrogen) atoms. The van der Waals surface area contributed by atoms with Crippen LogP contribution in [0.2, 0.25) is 0 Å². The molecule has 0 radical (unpaired) electrons. The molecule has 0 heterocycles. The van der Waals surface area contributed by atoms with E-state index < -0.39 is 29.3 Å². The number of carboxylic acid groups (broad SMARTS) is 2. The number of rotatable bonds is 30. The number of carbonyl (C=O) groups is 6. The van der Waals surface area contributed by atoms with E-state index in [4.69, 9.17) is 24.1 Å². The molecule has 0 aromatic rings. The fourth-order valence-electron chi connectivity index (χ4n) is 4.92. The molecule has 16 nitrogen and oxygen atoms in total. The van der Waals surface area contributed by atoms with Gasteiger partial charge in [-0.2, -0.15) is 12.6 Å². The first kappa shape index (κ1) is 45.0. The van der Waals surface area contributed by atoms with Crippen molar-refractivity contribution < 1.29 is 57.9 Å². The molecule has 0 spiro atoms. The molecule has 0 aromatic heterocycles. The highest BCUT2D eigenvalue weighted by Gasteiger charge is 2.32. The second-order valence-electron chi connectivity index (χ2n) is 12.7. The quantitative estimate of drug-likeness (QED) is 0.0397. The first-order chi connectivity index (χ1) is 22.6. The normalized spacial score (nSPS) is 12.2. The van der Waals surface area contributed by atoms with Gasteiger partial charge in [0.1, 0.15) is 19.3 Å². The minimum Gasteiger partial charge on any atom is -0.481 e. The Morgan fingerprint density at radius 3 is 1.67 bits per heavy atom. The lowest BCUT2D eigenvalue weighted by atomic mass is 9.72. The van der Waals surface area contributed by atoms with E-state index >= 15 is 0 Å². The predicted molar refractivity (Wildman–Crippen MR) is 179 cm³/mol. The number of amides is 4. The molecule has 0 rings (SSSR count). The number of hydrogen-bond donors (Lipinski definition) is 7. The zero-order valence-electron chi connectivity index (χ0n) is 28.7. The molecule has 0 aliphatic carbocycles. The van der Waals surface area contributed by atoms with Gasteiger partial charge in [-0.25, -0.2) is 4.79 Å². The second-order valence-corrected chi connectivity index (χ2v) is 13.1. The van der Waals surface area contributed by atoms with Gasteiger partial charge in [0.15, 0.2) is 0 Å². The Morgan fingerprint density at radius 1 is 0.625 bits per heavy atom. The summed E-state index contributed by atoms with van der Waals surface area (Å²) in [7, 11) is 0. The van der Waals surface area contributed by atoms with Crippen molar-refractivity contribution in [2.45, 2.75) is 72.3 Å². The minimum absolute atomic E-state index is 0.0381. The molecule has 17 heteroatoms. The van der Waals surface area contributed by atoms with Gasteiger partial charge < -0.3 is 50.4 Å². The molecule has 0 aliphatic rings. The average Bonchev–Trinajstić information content (AvgIpc) is 2.97. The Bertz CT molecular complexity index is 997. The third kappa shape index (κ3) is 27.0. The smallest absolute Gasteiger partial charge is 0.326 e. The number of carboxylic acids is 2. The predicted octanol–water partition coefficient (Wildman–Crippen LogP) is 0.378. The summed E-state index contributed by atoms with van der Waals surface area (Å²) < 4.78 is 21.2. The van der Waals surface area contributed by atoms with Crippen molar-refractivity contribution in [2.24, 2.45) is 10.8 Å². The summed E-state index contributed by atoms with van der Waals surface area (Å²) in [5.74, 6) is -3.17. The average molecular weight is 709 g/mol. The van der Waals surface area contributed by atoms with Gasteiger partial charge in [0, 0.05) is 26.1 Å². The number of unbranched alkanes of at least 4 members (excludes halogenated alkanes) is 1. The van der Waals surface area contributed by atoms with Gasteiger partial charge in [-0.15, -0.1) is 0 Å². The molecule has 1 unspecified atom stereocenters. The molecule has 6 N–H and O–H groups in total. The van der Waals surface area contributed by atoms with Crippen molar-refractivity contribution in [2.75, 3.05) is 78.2 Å². The summed E-state index contributed by atoms with van der Waals surface area (Å²) in [5.41, 5.74) is -0.775. The number of thiol groups is 1. The van der Waals surface area contributed by atoms with Crippen LogP contribution in [0.25, 0.3) is 0 Å². The van der Waals surface area contributed by atoms with E-state index in [1.807, 2.05) is 27.7 Å². The fraction of sp³-hybridized carbons (Fsp3) is 0.806. The largest absolute Gasteiger partial charge is 0.481 e. The van der Waals surface area contributed by atoms with Crippen LogP contribution in [0.15, 0.2) is 0 Å². The van der Waals surface area contributed by atoms with E-state index in [9.17, 15) is 33.9 Å². The zero-order chi connectivity index (χ0) is 36.4. The Morgan fingerprint density at radius 2 is 1.12 bits per heavy atom. The van der Waals surface area contributed by atoms with Gasteiger partial charge in [-0.3, -0.25) is 24.0 Å².